The van der Waals surface area contributed by atoms with Gasteiger partial charge in [-0.15, -0.1) is 11.3 Å². The number of anilines is 2. The summed E-state index contributed by atoms with van der Waals surface area (Å²) in [4.78, 5) is 2.94. The Morgan fingerprint density at radius 2 is 1.27 bits per heavy atom. The minimum Gasteiger partial charge on any atom is -0.335 e. The number of rotatable bonds is 4. The van der Waals surface area contributed by atoms with Gasteiger partial charge in [0.1, 0.15) is 0 Å². The van der Waals surface area contributed by atoms with Crippen molar-refractivity contribution in [3.05, 3.63) is 160 Å². The third-order valence-electron chi connectivity index (χ3n) is 16.3. The van der Waals surface area contributed by atoms with Crippen LogP contribution in [0.2, 0.25) is 0 Å². The summed E-state index contributed by atoms with van der Waals surface area (Å²) in [5, 5.41) is 1.45. The molecule has 3 unspecified atom stereocenters. The van der Waals surface area contributed by atoms with E-state index in [0.29, 0.717) is 0 Å². The molecule has 3 heteroatoms. The maximum Gasteiger partial charge on any atom is 0.259 e. The molecule has 1 nitrogen and oxygen atoms in total. The van der Waals surface area contributed by atoms with Crippen LogP contribution in [-0.2, 0) is 28.1 Å². The molecule has 3 aliphatic heterocycles. The van der Waals surface area contributed by atoms with Crippen molar-refractivity contribution < 1.29 is 0 Å². The van der Waals surface area contributed by atoms with E-state index >= 15 is 0 Å². The van der Waals surface area contributed by atoms with Gasteiger partial charge in [0.25, 0.3) is 6.71 Å². The Morgan fingerprint density at radius 3 is 1.95 bits per heavy atom. The van der Waals surface area contributed by atoms with Crippen molar-refractivity contribution in [2.24, 2.45) is 0 Å². The van der Waals surface area contributed by atoms with Crippen LogP contribution in [0.15, 0.2) is 121 Å². The Bertz CT molecular complexity index is 2970. The molecule has 6 aromatic carbocycles. The zero-order valence-corrected chi connectivity index (χ0v) is 40.4. The van der Waals surface area contributed by atoms with Crippen molar-refractivity contribution in [2.45, 2.75) is 141 Å². The van der Waals surface area contributed by atoms with E-state index in [1.807, 2.05) is 0 Å². The summed E-state index contributed by atoms with van der Waals surface area (Å²) in [7, 11) is 0. The average Bonchev–Trinajstić information content (AvgIpc) is 3.73. The highest BCUT2D eigenvalue weighted by molar-refractivity contribution is 7.32. The minimum absolute atomic E-state index is 0.0233. The van der Waals surface area contributed by atoms with E-state index in [1.165, 1.54) is 103 Å². The quantitative estimate of drug-likeness (QED) is 0.160. The van der Waals surface area contributed by atoms with Gasteiger partial charge in [-0.25, -0.2) is 0 Å². The molecule has 7 aromatic rings. The highest BCUT2D eigenvalue weighted by Gasteiger charge is 2.62. The lowest BCUT2D eigenvalue weighted by Crippen LogP contribution is -2.64. The second kappa shape index (κ2) is 13.8. The second-order valence-corrected chi connectivity index (χ2v) is 24.3. The topological polar surface area (TPSA) is 3.24 Å². The summed E-state index contributed by atoms with van der Waals surface area (Å²) < 4.78 is 2.98. The number of thiophene rings is 1. The lowest BCUT2D eigenvalue weighted by atomic mass is 9.33. The third kappa shape index (κ3) is 6.07. The van der Waals surface area contributed by atoms with Gasteiger partial charge >= 0.3 is 0 Å². The van der Waals surface area contributed by atoms with E-state index in [-0.39, 0.29) is 39.8 Å². The van der Waals surface area contributed by atoms with Crippen LogP contribution >= 0.6 is 11.3 Å². The molecule has 0 bridgehead atoms. The van der Waals surface area contributed by atoms with E-state index < -0.39 is 0 Å². The molecule has 0 N–H and O–H groups in total. The van der Waals surface area contributed by atoms with Crippen LogP contribution in [-0.4, -0.2) is 12.3 Å². The predicted octanol–water partition coefficient (Wildman–Crippen LogP) is 14.4. The Hall–Kier alpha value is -4.86. The highest BCUT2D eigenvalue weighted by Crippen LogP contribution is 2.62. The lowest BCUT2D eigenvalue weighted by molar-refractivity contribution is 0.195. The first-order valence-electron chi connectivity index (χ1n) is 23.8. The fourth-order valence-corrected chi connectivity index (χ4v) is 13.8. The average molecular weight is 842 g/mol. The van der Waals surface area contributed by atoms with E-state index in [4.69, 9.17) is 0 Å². The Kier molecular flexibility index (Phi) is 8.97. The van der Waals surface area contributed by atoms with Crippen LogP contribution in [0, 0.1) is 0 Å². The number of nitrogens with zero attached hydrogens (tertiary/aromatic N) is 1. The van der Waals surface area contributed by atoms with Gasteiger partial charge in [0.15, 0.2) is 0 Å². The van der Waals surface area contributed by atoms with E-state index in [9.17, 15) is 0 Å². The van der Waals surface area contributed by atoms with E-state index in [0.717, 1.165) is 6.42 Å². The molecule has 1 saturated carbocycles. The first kappa shape index (κ1) is 40.9. The van der Waals surface area contributed by atoms with Gasteiger partial charge in [0.05, 0.1) is 5.54 Å². The van der Waals surface area contributed by atoms with Gasteiger partial charge in [0, 0.05) is 27.4 Å². The molecule has 63 heavy (non-hydrogen) atoms. The van der Waals surface area contributed by atoms with Crippen LogP contribution in [0.25, 0.3) is 32.3 Å². The minimum atomic E-state index is -0.0340. The standard InChI is InChI=1S/C60H64BNS/c1-56(2,3)41-25-24-39(44(33-41)38-22-16-13-17-23-38)30-45-46-31-40(37-20-14-12-15-21-37)32-50-53(46)61(55-52(45)47-34-42(57(4,5)6)26-27-51(47)63-55)49-36-43(58(7,8)9)35-48-54(49)62(50)60(11)29-19-18-28-59(48,60)10/h12-17,20-27,31-36,45H,18-19,28-30H2,1-11H3. The Labute approximate surface area is 382 Å². The third-order valence-corrected chi connectivity index (χ3v) is 17.6. The SMILES string of the molecule is CC(C)(C)c1ccc(CC2c3cc(-c4ccccc4)cc4c3B(c3cc(C(C)(C)C)cc5c3N4C3(C)CCCCC53C)c3sc4ccc(C(C)(C)C)cc4c32)c(-c2ccccc2)c1. The Balaban J connectivity index is 1.27. The van der Waals surface area contributed by atoms with Gasteiger partial charge in [-0.1, -0.05) is 185 Å². The number of fused-ring (bicyclic) bond motifs is 9. The molecule has 4 aliphatic rings. The zero-order chi connectivity index (χ0) is 44.0. The Morgan fingerprint density at radius 1 is 0.635 bits per heavy atom. The van der Waals surface area contributed by atoms with Crippen molar-refractivity contribution in [1.82, 2.24) is 0 Å². The molecular formula is C60H64BNS. The van der Waals surface area contributed by atoms with Crippen molar-refractivity contribution in [1.29, 1.82) is 0 Å². The largest absolute Gasteiger partial charge is 0.335 e. The summed E-state index contributed by atoms with van der Waals surface area (Å²) in [5.74, 6) is 0.167. The van der Waals surface area contributed by atoms with Gasteiger partial charge < -0.3 is 4.90 Å². The van der Waals surface area contributed by atoms with Gasteiger partial charge in [-0.2, -0.15) is 0 Å². The van der Waals surface area contributed by atoms with Crippen molar-refractivity contribution in [2.75, 3.05) is 4.90 Å². The van der Waals surface area contributed by atoms with E-state index in [2.05, 4.69) is 214 Å². The normalized spacial score (nSPS) is 21.3. The molecule has 3 atom stereocenters. The first-order chi connectivity index (χ1) is 29.9. The summed E-state index contributed by atoms with van der Waals surface area (Å²) in [6, 6.07) is 48.0. The van der Waals surface area contributed by atoms with Crippen molar-refractivity contribution >= 4 is 55.2 Å². The predicted molar refractivity (Wildman–Crippen MR) is 275 cm³/mol. The van der Waals surface area contributed by atoms with Gasteiger partial charge in [-0.3, -0.25) is 0 Å². The van der Waals surface area contributed by atoms with Gasteiger partial charge in [-0.05, 0) is 143 Å². The van der Waals surface area contributed by atoms with Crippen molar-refractivity contribution in [3.63, 3.8) is 0 Å². The van der Waals surface area contributed by atoms with Gasteiger partial charge in [0.2, 0.25) is 0 Å². The summed E-state index contributed by atoms with van der Waals surface area (Å²) in [6.45, 7) is 26.9. The fourth-order valence-electron chi connectivity index (χ4n) is 12.4. The highest BCUT2D eigenvalue weighted by atomic mass is 32.1. The molecule has 1 fully saturated rings. The monoisotopic (exact) mass is 841 g/mol. The number of benzene rings is 6. The van der Waals surface area contributed by atoms with Crippen LogP contribution in [0.4, 0.5) is 11.4 Å². The molecule has 1 aromatic heterocycles. The first-order valence-corrected chi connectivity index (χ1v) is 24.7. The summed E-state index contributed by atoms with van der Waals surface area (Å²) in [6.07, 6.45) is 5.92. The van der Waals surface area contributed by atoms with Crippen LogP contribution in [0.5, 0.6) is 0 Å². The second-order valence-electron chi connectivity index (χ2n) is 23.2. The number of hydrogen-bond acceptors (Lipinski definition) is 2. The smallest absolute Gasteiger partial charge is 0.259 e. The molecule has 0 saturated heterocycles. The molecule has 1 aliphatic carbocycles. The molecule has 4 heterocycles. The molecular weight excluding hydrogens is 778 g/mol. The molecule has 318 valence electrons. The van der Waals surface area contributed by atoms with E-state index in [1.54, 1.807) is 21.4 Å². The zero-order valence-electron chi connectivity index (χ0n) is 39.6. The molecule has 0 radical (unpaired) electrons. The molecule has 0 spiro atoms. The summed E-state index contributed by atoms with van der Waals surface area (Å²) in [5.41, 5.74) is 21.9. The number of hydrogen-bond donors (Lipinski definition) is 0. The fraction of sp³-hybridized carbons (Fsp3) is 0.367. The lowest BCUT2D eigenvalue weighted by Gasteiger charge is -2.52. The van der Waals surface area contributed by atoms with Crippen LogP contribution in [0.3, 0.4) is 0 Å². The summed E-state index contributed by atoms with van der Waals surface area (Å²) >= 11 is 2.09. The van der Waals surface area contributed by atoms with Crippen molar-refractivity contribution in [3.8, 4) is 22.3 Å². The maximum atomic E-state index is 2.94. The van der Waals surface area contributed by atoms with Crippen LogP contribution in [0.1, 0.15) is 147 Å². The molecule has 0 amide bonds. The maximum absolute atomic E-state index is 2.94. The van der Waals surface area contributed by atoms with Crippen LogP contribution < -0.4 is 20.6 Å². The molecule has 11 rings (SSSR count).